The fourth-order valence-electron chi connectivity index (χ4n) is 13.4. The summed E-state index contributed by atoms with van der Waals surface area (Å²) in [5.74, 6) is 0. The Hall–Kier alpha value is -9.06. The molecule has 2 aromatic heterocycles. The minimum absolute atomic E-state index is 0.0948. The van der Waals surface area contributed by atoms with E-state index in [9.17, 15) is 0 Å². The van der Waals surface area contributed by atoms with Gasteiger partial charge in [-0.05, 0) is 132 Å². The van der Waals surface area contributed by atoms with Crippen molar-refractivity contribution >= 4 is 101 Å². The minimum Gasteiger partial charge on any atom is -0.455 e. The van der Waals surface area contributed by atoms with Crippen molar-refractivity contribution in [3.05, 3.63) is 235 Å². The molecule has 0 spiro atoms. The van der Waals surface area contributed by atoms with E-state index in [4.69, 9.17) is 8.83 Å². The van der Waals surface area contributed by atoms with Crippen molar-refractivity contribution in [2.45, 2.75) is 45.4 Å². The van der Waals surface area contributed by atoms with Gasteiger partial charge in [-0.25, -0.2) is 0 Å². The Bertz CT molecular complexity index is 4600. The molecule has 11 aromatic carbocycles. The van der Waals surface area contributed by atoms with Crippen molar-refractivity contribution in [1.29, 1.82) is 0 Å². The Kier molecular flexibility index (Phi) is 8.84. The molecule has 0 amide bonds. The number of hydrogen-bond acceptors (Lipinski definition) is 4. The lowest BCUT2D eigenvalue weighted by Gasteiger charge is -2.46. The van der Waals surface area contributed by atoms with Gasteiger partial charge in [-0.3, -0.25) is 0 Å². The number of nitrogens with zero attached hydrogens (tertiary/aromatic N) is 2. The maximum Gasteiger partial charge on any atom is 0.333 e. The number of fused-ring (bicyclic) bond motifs is 16. The summed E-state index contributed by atoms with van der Waals surface area (Å²) in [4.78, 5) is 5.21. The topological polar surface area (TPSA) is 32.8 Å². The average molecular weight is 975 g/mol. The highest BCUT2D eigenvalue weighted by atomic mass is 16.3. The van der Waals surface area contributed by atoms with Gasteiger partial charge >= 0.3 is 6.85 Å². The van der Waals surface area contributed by atoms with Gasteiger partial charge < -0.3 is 18.5 Å². The summed E-state index contributed by atoms with van der Waals surface area (Å²) in [6.07, 6.45) is 0. The standard InChI is InChI=1S/C71H51BN2O2/c1-70(2,3)47-30-35-60(52(38-47)44-20-10-7-11-21-44)73-62-40-55-50-25-15-17-27-63(50)75-68(55)65-56-39-53-49-24-14-16-26-57(49)71(4,5)58(53)41-61(56)74(48-31-28-43(29-32-48)42-18-8-6-9-19-42)72(66(62)65)59-34-33-51-54-36-45-22-12-13-23-46(45)37-64(54)76-69(51)67(59)73/h6-41H,1-5H3. The summed E-state index contributed by atoms with van der Waals surface area (Å²) < 4.78 is 14.7. The molecule has 4 nitrogen and oxygen atoms in total. The third kappa shape index (κ3) is 6.02. The summed E-state index contributed by atoms with van der Waals surface area (Å²) in [5, 5.41) is 6.70. The summed E-state index contributed by atoms with van der Waals surface area (Å²) >= 11 is 0. The molecule has 0 N–H and O–H groups in total. The lowest BCUT2D eigenvalue weighted by atomic mass is 9.43. The molecule has 0 unspecified atom stereocenters. The minimum atomic E-state index is -0.306. The Morgan fingerprint density at radius 3 is 1.91 bits per heavy atom. The van der Waals surface area contributed by atoms with Crippen molar-refractivity contribution < 1.29 is 8.83 Å². The van der Waals surface area contributed by atoms with Crippen LogP contribution in [0.3, 0.4) is 0 Å². The lowest BCUT2D eigenvalue weighted by molar-refractivity contribution is 0.590. The van der Waals surface area contributed by atoms with Crippen molar-refractivity contribution in [3.8, 4) is 44.5 Å². The summed E-state index contributed by atoms with van der Waals surface area (Å²) in [6, 6.07) is 81.0. The lowest BCUT2D eigenvalue weighted by Crippen LogP contribution is -2.61. The zero-order chi connectivity index (χ0) is 50.8. The number of hydrogen-bond donors (Lipinski definition) is 0. The van der Waals surface area contributed by atoms with Gasteiger partial charge in [-0.1, -0.05) is 192 Å². The first kappa shape index (κ1) is 43.4. The smallest absolute Gasteiger partial charge is 0.333 e. The third-order valence-corrected chi connectivity index (χ3v) is 17.2. The van der Waals surface area contributed by atoms with Crippen LogP contribution in [0.1, 0.15) is 51.3 Å². The van der Waals surface area contributed by atoms with Crippen LogP contribution in [0, 0.1) is 0 Å². The van der Waals surface area contributed by atoms with Crippen molar-refractivity contribution in [3.63, 3.8) is 0 Å². The van der Waals surface area contributed by atoms with E-state index in [2.05, 4.69) is 263 Å². The van der Waals surface area contributed by atoms with Crippen LogP contribution in [0.15, 0.2) is 227 Å². The van der Waals surface area contributed by atoms with E-state index in [1.165, 1.54) is 49.8 Å². The zero-order valence-corrected chi connectivity index (χ0v) is 43.1. The van der Waals surface area contributed by atoms with E-state index in [0.29, 0.717) is 0 Å². The second-order valence-electron chi connectivity index (χ2n) is 22.8. The van der Waals surface area contributed by atoms with Gasteiger partial charge in [0.1, 0.15) is 16.7 Å². The first-order valence-electron chi connectivity index (χ1n) is 26.7. The second-order valence-corrected chi connectivity index (χ2v) is 22.8. The molecule has 0 saturated carbocycles. The van der Waals surface area contributed by atoms with E-state index in [-0.39, 0.29) is 17.7 Å². The van der Waals surface area contributed by atoms with Crippen LogP contribution >= 0.6 is 0 Å². The molecule has 4 heterocycles. The van der Waals surface area contributed by atoms with Crippen LogP contribution < -0.4 is 20.6 Å². The van der Waals surface area contributed by atoms with Crippen LogP contribution in [-0.4, -0.2) is 6.85 Å². The Labute approximate surface area is 442 Å². The SMILES string of the molecule is CC(C)(C)c1ccc(N2c3cc4c(oc5ccccc54)c4c3B(c3ccc5c(oc6cc7ccccc7cc65)c32)N(c2ccc(-c3ccccc3)cc2)c2cc3c(cc2-4)-c2ccccc2C3(C)C)c(-c2ccccc2)c1. The van der Waals surface area contributed by atoms with Crippen molar-refractivity contribution in [2.75, 3.05) is 9.71 Å². The Morgan fingerprint density at radius 2 is 1.12 bits per heavy atom. The predicted octanol–water partition coefficient (Wildman–Crippen LogP) is 18.3. The maximum atomic E-state index is 7.45. The van der Waals surface area contributed by atoms with E-state index in [0.717, 1.165) is 105 Å². The van der Waals surface area contributed by atoms with Gasteiger partial charge in [0.05, 0.1) is 11.4 Å². The monoisotopic (exact) mass is 974 g/mol. The fourth-order valence-corrected chi connectivity index (χ4v) is 13.4. The molecule has 2 aliphatic heterocycles. The molecule has 0 saturated heterocycles. The van der Waals surface area contributed by atoms with E-state index >= 15 is 0 Å². The number of anilines is 5. The van der Waals surface area contributed by atoms with Gasteiger partial charge in [-0.15, -0.1) is 0 Å². The number of furan rings is 2. The molecule has 1 aliphatic carbocycles. The summed E-state index contributed by atoms with van der Waals surface area (Å²) in [5.41, 5.74) is 24.5. The molecule has 0 radical (unpaired) electrons. The Morgan fingerprint density at radius 1 is 0.434 bits per heavy atom. The van der Waals surface area contributed by atoms with Gasteiger partial charge in [0.15, 0.2) is 5.58 Å². The molecule has 16 rings (SSSR count). The number of para-hydroxylation sites is 1. The van der Waals surface area contributed by atoms with E-state index < -0.39 is 0 Å². The average Bonchev–Trinajstić information content (AvgIpc) is 4.09. The first-order chi connectivity index (χ1) is 37.1. The van der Waals surface area contributed by atoms with Gasteiger partial charge in [0, 0.05) is 60.7 Å². The predicted molar refractivity (Wildman–Crippen MR) is 319 cm³/mol. The molecule has 13 aromatic rings. The molecule has 0 atom stereocenters. The van der Waals surface area contributed by atoms with Gasteiger partial charge in [0.25, 0.3) is 0 Å². The number of benzene rings is 11. The van der Waals surface area contributed by atoms with E-state index in [1.807, 2.05) is 0 Å². The highest BCUT2D eigenvalue weighted by Crippen LogP contribution is 2.58. The van der Waals surface area contributed by atoms with Gasteiger partial charge in [-0.2, -0.15) is 0 Å². The maximum absolute atomic E-state index is 7.45. The third-order valence-electron chi connectivity index (χ3n) is 17.2. The molecule has 360 valence electrons. The van der Waals surface area contributed by atoms with Crippen LogP contribution in [0.2, 0.25) is 0 Å². The van der Waals surface area contributed by atoms with Crippen LogP contribution in [0.5, 0.6) is 0 Å². The number of rotatable bonds is 4. The second kappa shape index (κ2) is 15.5. The van der Waals surface area contributed by atoms with Crippen LogP contribution in [-0.2, 0) is 10.8 Å². The summed E-state index contributed by atoms with van der Waals surface area (Å²) in [6.45, 7) is 11.4. The van der Waals surface area contributed by atoms with Crippen molar-refractivity contribution in [2.24, 2.45) is 0 Å². The molecular formula is C71H51BN2O2. The summed E-state index contributed by atoms with van der Waals surface area (Å²) in [7, 11) is 0. The molecule has 3 aliphatic rings. The zero-order valence-electron chi connectivity index (χ0n) is 43.1. The highest BCUT2D eigenvalue weighted by molar-refractivity contribution is 6.94. The van der Waals surface area contributed by atoms with E-state index in [1.54, 1.807) is 0 Å². The quantitative estimate of drug-likeness (QED) is 0.165. The highest BCUT2D eigenvalue weighted by Gasteiger charge is 2.49. The van der Waals surface area contributed by atoms with Crippen LogP contribution in [0.25, 0.3) is 99.2 Å². The molecule has 0 bridgehead atoms. The first-order valence-corrected chi connectivity index (χ1v) is 26.7. The molecular weight excluding hydrogens is 924 g/mol. The fraction of sp³-hybridized carbons (Fsp3) is 0.0986. The normalized spacial score (nSPS) is 14.1. The van der Waals surface area contributed by atoms with Crippen LogP contribution in [0.4, 0.5) is 28.4 Å². The largest absolute Gasteiger partial charge is 0.455 e. The van der Waals surface area contributed by atoms with Crippen molar-refractivity contribution in [1.82, 2.24) is 0 Å². The Balaban J connectivity index is 1.09. The molecule has 5 heteroatoms. The molecule has 76 heavy (non-hydrogen) atoms. The molecule has 0 fully saturated rings. The van der Waals surface area contributed by atoms with Gasteiger partial charge in [0.2, 0.25) is 0 Å².